The van der Waals surface area contributed by atoms with Gasteiger partial charge < -0.3 is 19.9 Å². The van der Waals surface area contributed by atoms with Gasteiger partial charge in [-0.15, -0.1) is 0 Å². The summed E-state index contributed by atoms with van der Waals surface area (Å²) >= 11 is 11.8. The summed E-state index contributed by atoms with van der Waals surface area (Å²) in [5, 5.41) is 13.6. The van der Waals surface area contributed by atoms with Crippen molar-refractivity contribution < 1.29 is 24.2 Å². The van der Waals surface area contributed by atoms with Crippen LogP contribution in [0.2, 0.25) is 10.0 Å². The fourth-order valence-electron chi connectivity index (χ4n) is 3.74. The molecular formula is C23H26Cl2N2O5. The van der Waals surface area contributed by atoms with Crippen LogP contribution < -0.4 is 14.8 Å². The van der Waals surface area contributed by atoms with E-state index in [1.54, 1.807) is 48.5 Å². The van der Waals surface area contributed by atoms with E-state index in [1.165, 1.54) is 0 Å². The maximum atomic E-state index is 12.7. The lowest BCUT2D eigenvalue weighted by atomic mass is 9.97. The third-order valence-corrected chi connectivity index (χ3v) is 5.90. The monoisotopic (exact) mass is 480 g/mol. The fourth-order valence-corrected chi connectivity index (χ4v) is 3.99. The van der Waals surface area contributed by atoms with Crippen molar-refractivity contribution in [2.75, 3.05) is 19.7 Å². The highest BCUT2D eigenvalue weighted by atomic mass is 35.5. The number of benzene rings is 2. The minimum absolute atomic E-state index is 0.191. The van der Waals surface area contributed by atoms with Gasteiger partial charge in [-0.25, -0.2) is 0 Å². The molecule has 0 radical (unpaired) electrons. The van der Waals surface area contributed by atoms with Crippen molar-refractivity contribution in [2.45, 2.75) is 38.0 Å². The number of carboxylic acid groups (broad SMARTS) is 1. The second kappa shape index (κ2) is 10.9. The third kappa shape index (κ3) is 6.51. The summed E-state index contributed by atoms with van der Waals surface area (Å²) in [6, 6.07) is 13.1. The predicted molar refractivity (Wildman–Crippen MR) is 122 cm³/mol. The molecule has 7 nitrogen and oxygen atoms in total. The van der Waals surface area contributed by atoms with Crippen molar-refractivity contribution in [1.82, 2.24) is 10.2 Å². The maximum absolute atomic E-state index is 12.7. The van der Waals surface area contributed by atoms with Gasteiger partial charge in [-0.3, -0.25) is 14.5 Å². The third-order valence-electron chi connectivity index (χ3n) is 5.40. The highest BCUT2D eigenvalue weighted by Gasteiger charge is 2.40. The average Bonchev–Trinajstić information content (AvgIpc) is 2.77. The molecule has 172 valence electrons. The molecule has 2 aromatic carbocycles. The van der Waals surface area contributed by atoms with E-state index in [0.717, 1.165) is 0 Å². The van der Waals surface area contributed by atoms with Crippen LogP contribution in [0.15, 0.2) is 48.5 Å². The van der Waals surface area contributed by atoms with Gasteiger partial charge in [0.1, 0.15) is 17.5 Å². The molecule has 1 aliphatic rings. The van der Waals surface area contributed by atoms with Crippen LogP contribution in [0.3, 0.4) is 0 Å². The highest BCUT2D eigenvalue weighted by Crippen LogP contribution is 2.29. The van der Waals surface area contributed by atoms with E-state index in [9.17, 15) is 14.7 Å². The summed E-state index contributed by atoms with van der Waals surface area (Å²) in [5.74, 6) is -0.0991. The lowest BCUT2D eigenvalue weighted by Gasteiger charge is -2.43. The number of nitrogens with zero attached hydrogens (tertiary/aromatic N) is 1. The Labute approximate surface area is 197 Å². The summed E-state index contributed by atoms with van der Waals surface area (Å²) in [7, 11) is 0. The van der Waals surface area contributed by atoms with Crippen LogP contribution in [-0.4, -0.2) is 53.3 Å². The number of halogens is 2. The number of likely N-dealkylation sites (tertiary alicyclic amines) is 1. The first-order valence-electron chi connectivity index (χ1n) is 10.4. The Kier molecular flexibility index (Phi) is 8.23. The molecule has 1 heterocycles. The molecule has 0 spiro atoms. The minimum atomic E-state index is -0.985. The van der Waals surface area contributed by atoms with Gasteiger partial charge in [0.2, 0.25) is 0 Å². The van der Waals surface area contributed by atoms with Crippen molar-refractivity contribution >= 4 is 35.1 Å². The Morgan fingerprint density at radius 2 is 1.56 bits per heavy atom. The van der Waals surface area contributed by atoms with E-state index < -0.39 is 17.7 Å². The van der Waals surface area contributed by atoms with Crippen LogP contribution in [0.25, 0.3) is 0 Å². The number of carbonyl (C=O) groups excluding carboxylic acids is 1. The molecule has 3 rings (SSSR count). The molecule has 0 aromatic heterocycles. The molecule has 1 fully saturated rings. The Balaban J connectivity index is 1.69. The molecule has 1 aliphatic heterocycles. The fraction of sp³-hybridized carbons (Fsp3) is 0.391. The number of piperidine rings is 1. The summed E-state index contributed by atoms with van der Waals surface area (Å²) in [4.78, 5) is 26.2. The van der Waals surface area contributed by atoms with E-state index in [-0.39, 0.29) is 12.5 Å². The number of aliphatic carboxylic acids is 1. The van der Waals surface area contributed by atoms with Gasteiger partial charge in [0.05, 0.1) is 0 Å². The van der Waals surface area contributed by atoms with Gasteiger partial charge in [-0.2, -0.15) is 0 Å². The summed E-state index contributed by atoms with van der Waals surface area (Å²) in [6.45, 7) is 2.60. The van der Waals surface area contributed by atoms with Crippen LogP contribution in [0.4, 0.5) is 0 Å². The Morgan fingerprint density at radius 1 is 1.03 bits per heavy atom. The number of carboxylic acids is 1. The number of hydrogen-bond acceptors (Lipinski definition) is 5. The molecular weight excluding hydrogens is 455 g/mol. The maximum Gasteiger partial charge on any atom is 0.320 e. The predicted octanol–water partition coefficient (Wildman–Crippen LogP) is 4.22. The molecule has 0 bridgehead atoms. The van der Waals surface area contributed by atoms with E-state index in [2.05, 4.69) is 5.32 Å². The van der Waals surface area contributed by atoms with Crippen LogP contribution in [0, 0.1) is 0 Å². The quantitative estimate of drug-likeness (QED) is 0.522. The standard InChI is InChI=1S/C23H26Cl2N2O5/c1-2-20(22(29)30)27-13-11-23(12-14-27,32-19-9-5-17(25)6-10-19)26-21(28)15-31-18-7-3-16(24)4-8-18/h3-10,20H,2,11-15H2,1H3,(H,26,28)(H,29,30). The zero-order chi connectivity index (χ0) is 23.1. The Bertz CT molecular complexity index is 913. The smallest absolute Gasteiger partial charge is 0.320 e. The number of nitrogens with one attached hydrogen (secondary N) is 1. The van der Waals surface area contributed by atoms with Crippen LogP contribution in [0.5, 0.6) is 11.5 Å². The average molecular weight is 481 g/mol. The van der Waals surface area contributed by atoms with Gasteiger partial charge in [-0.05, 0) is 55.0 Å². The molecule has 0 aliphatic carbocycles. The molecule has 1 amide bonds. The summed E-state index contributed by atoms with van der Waals surface area (Å²) < 4.78 is 11.8. The van der Waals surface area contributed by atoms with Crippen LogP contribution in [0.1, 0.15) is 26.2 Å². The normalized spacial score (nSPS) is 16.7. The number of amides is 1. The molecule has 9 heteroatoms. The molecule has 1 saturated heterocycles. The van der Waals surface area contributed by atoms with Crippen LogP contribution in [-0.2, 0) is 9.59 Å². The SMILES string of the molecule is CCC(C(=O)O)N1CCC(NC(=O)COc2ccc(Cl)cc2)(Oc2ccc(Cl)cc2)CC1. The second-order valence-corrected chi connectivity index (χ2v) is 8.51. The number of rotatable bonds is 9. The first-order valence-corrected chi connectivity index (χ1v) is 11.2. The van der Waals surface area contributed by atoms with E-state index in [1.807, 2.05) is 11.8 Å². The van der Waals surface area contributed by atoms with E-state index in [0.29, 0.717) is 53.9 Å². The van der Waals surface area contributed by atoms with Crippen molar-refractivity contribution in [2.24, 2.45) is 0 Å². The van der Waals surface area contributed by atoms with Gasteiger partial charge in [0.15, 0.2) is 12.3 Å². The van der Waals surface area contributed by atoms with Gasteiger partial charge in [0.25, 0.3) is 5.91 Å². The largest absolute Gasteiger partial charge is 0.484 e. The molecule has 1 atom stereocenters. The minimum Gasteiger partial charge on any atom is -0.484 e. The van der Waals surface area contributed by atoms with Crippen molar-refractivity contribution in [3.63, 3.8) is 0 Å². The van der Waals surface area contributed by atoms with Gasteiger partial charge in [-0.1, -0.05) is 30.1 Å². The Morgan fingerprint density at radius 3 is 2.06 bits per heavy atom. The number of hydrogen-bond donors (Lipinski definition) is 2. The molecule has 0 saturated carbocycles. The second-order valence-electron chi connectivity index (χ2n) is 7.64. The lowest BCUT2D eigenvalue weighted by molar-refractivity contribution is -0.147. The topological polar surface area (TPSA) is 88.1 Å². The molecule has 2 N–H and O–H groups in total. The summed E-state index contributed by atoms with van der Waals surface area (Å²) in [5.41, 5.74) is -0.985. The molecule has 1 unspecified atom stereocenters. The zero-order valence-electron chi connectivity index (χ0n) is 17.7. The van der Waals surface area contributed by atoms with Gasteiger partial charge >= 0.3 is 5.97 Å². The van der Waals surface area contributed by atoms with E-state index >= 15 is 0 Å². The van der Waals surface area contributed by atoms with Gasteiger partial charge in [0, 0.05) is 36.0 Å². The lowest BCUT2D eigenvalue weighted by Crippen LogP contribution is -2.61. The Hall–Kier alpha value is -2.48. The van der Waals surface area contributed by atoms with Crippen molar-refractivity contribution in [3.8, 4) is 11.5 Å². The van der Waals surface area contributed by atoms with Crippen molar-refractivity contribution in [1.29, 1.82) is 0 Å². The first kappa shape index (κ1) is 24.2. The van der Waals surface area contributed by atoms with E-state index in [4.69, 9.17) is 32.7 Å². The van der Waals surface area contributed by atoms with Crippen LogP contribution >= 0.6 is 23.2 Å². The number of ether oxygens (including phenoxy) is 2. The summed E-state index contributed by atoms with van der Waals surface area (Å²) in [6.07, 6.45) is 1.35. The first-order chi connectivity index (χ1) is 15.3. The molecule has 32 heavy (non-hydrogen) atoms. The molecule has 2 aromatic rings. The zero-order valence-corrected chi connectivity index (χ0v) is 19.2. The number of carbonyl (C=O) groups is 2. The van der Waals surface area contributed by atoms with Crippen molar-refractivity contribution in [3.05, 3.63) is 58.6 Å². The highest BCUT2D eigenvalue weighted by molar-refractivity contribution is 6.30.